The van der Waals surface area contributed by atoms with Gasteiger partial charge in [0.25, 0.3) is 0 Å². The highest BCUT2D eigenvalue weighted by Crippen LogP contribution is 2.35. The number of hydrogen-bond acceptors (Lipinski definition) is 4. The van der Waals surface area contributed by atoms with Crippen molar-refractivity contribution in [1.29, 1.82) is 0 Å². The highest BCUT2D eigenvalue weighted by atomic mass is 35.5. The Labute approximate surface area is 204 Å². The number of carbonyl (C=O) groups excluding carboxylic acids is 1. The Bertz CT molecular complexity index is 1260. The average molecular weight is 475 g/mol. The Kier molecular flexibility index (Phi) is 6.48. The quantitative estimate of drug-likeness (QED) is 0.235. The fourth-order valence-electron chi connectivity index (χ4n) is 4.57. The van der Waals surface area contributed by atoms with E-state index in [4.69, 9.17) is 16.6 Å². The molecule has 1 heterocycles. The maximum atomic E-state index is 13.7. The van der Waals surface area contributed by atoms with Gasteiger partial charge in [-0.15, -0.1) is 11.3 Å². The molecule has 3 nitrogen and oxygen atoms in total. The third-order valence-corrected chi connectivity index (χ3v) is 7.63. The molecule has 1 aromatic heterocycles. The number of Topliss-reactive ketones (excluding diaryl/α,β-unsaturated/α-hetero) is 1. The van der Waals surface area contributed by atoms with Gasteiger partial charge < -0.3 is 4.90 Å². The van der Waals surface area contributed by atoms with Gasteiger partial charge in [0.15, 0.2) is 10.9 Å². The first kappa shape index (κ1) is 22.1. The van der Waals surface area contributed by atoms with E-state index in [9.17, 15) is 4.79 Å². The number of aryl methyl sites for hydroxylation is 1. The molecule has 1 fully saturated rings. The Morgan fingerprint density at radius 1 is 1.09 bits per heavy atom. The van der Waals surface area contributed by atoms with Gasteiger partial charge in [0.1, 0.15) is 0 Å². The van der Waals surface area contributed by atoms with Crippen molar-refractivity contribution in [2.75, 3.05) is 11.4 Å². The average Bonchev–Trinajstić information content (AvgIpc) is 3.57. The molecule has 1 aliphatic rings. The predicted octanol–water partition coefficient (Wildman–Crippen LogP) is 7.54. The number of ketones is 1. The van der Waals surface area contributed by atoms with Crippen LogP contribution in [0, 0.1) is 0 Å². The van der Waals surface area contributed by atoms with E-state index in [1.165, 1.54) is 12.8 Å². The van der Waals surface area contributed by atoms with Crippen LogP contribution >= 0.6 is 22.9 Å². The van der Waals surface area contributed by atoms with Gasteiger partial charge in [0.05, 0.1) is 5.69 Å². The van der Waals surface area contributed by atoms with Crippen molar-refractivity contribution in [3.63, 3.8) is 0 Å². The largest absolute Gasteiger partial charge is 0.345 e. The number of rotatable bonds is 9. The zero-order chi connectivity index (χ0) is 22.8. The van der Waals surface area contributed by atoms with Crippen molar-refractivity contribution in [2.45, 2.75) is 44.6 Å². The first-order chi connectivity index (χ1) is 16.1. The molecule has 0 aliphatic heterocycles. The predicted molar refractivity (Wildman–Crippen MR) is 139 cm³/mol. The normalized spacial score (nSPS) is 14.4. The molecule has 1 saturated carbocycles. The van der Waals surface area contributed by atoms with Crippen molar-refractivity contribution in [1.82, 2.24) is 4.98 Å². The second-order valence-corrected chi connectivity index (χ2v) is 9.94. The number of aromatic nitrogens is 1. The van der Waals surface area contributed by atoms with Crippen molar-refractivity contribution < 1.29 is 4.79 Å². The second kappa shape index (κ2) is 9.66. The van der Waals surface area contributed by atoms with Gasteiger partial charge in [-0.05, 0) is 73.2 Å². The van der Waals surface area contributed by atoms with Crippen molar-refractivity contribution in [2.24, 2.45) is 0 Å². The van der Waals surface area contributed by atoms with E-state index in [1.807, 2.05) is 24.3 Å². The van der Waals surface area contributed by atoms with Gasteiger partial charge in [0.2, 0.25) is 0 Å². The summed E-state index contributed by atoms with van der Waals surface area (Å²) < 4.78 is 0. The van der Waals surface area contributed by atoms with Crippen molar-refractivity contribution >= 4 is 44.6 Å². The minimum Gasteiger partial charge on any atom is -0.345 e. The number of fused-ring (bicyclic) bond motifs is 1. The monoisotopic (exact) mass is 474 g/mol. The molecule has 33 heavy (non-hydrogen) atoms. The Balaban J connectivity index is 1.44. The molecule has 0 saturated heterocycles. The molecule has 5 heteroatoms. The molecule has 168 valence electrons. The fourth-order valence-corrected chi connectivity index (χ4v) is 5.69. The molecule has 1 atom stereocenters. The van der Waals surface area contributed by atoms with E-state index in [-0.39, 0.29) is 11.7 Å². The first-order valence-electron chi connectivity index (χ1n) is 11.6. The van der Waals surface area contributed by atoms with Crippen LogP contribution in [0.2, 0.25) is 5.02 Å². The SMILES string of the molecule is CCN(c1nc(CCC(C(=O)c2ccc(Cl)cc2)c2cccc3ccccc23)cs1)C1CC1. The van der Waals surface area contributed by atoms with Crippen LogP contribution in [-0.2, 0) is 6.42 Å². The molecule has 5 rings (SSSR count). The Hall–Kier alpha value is -2.69. The van der Waals surface area contributed by atoms with Crippen LogP contribution in [0.15, 0.2) is 72.1 Å². The van der Waals surface area contributed by atoms with Crippen LogP contribution in [0.5, 0.6) is 0 Å². The summed E-state index contributed by atoms with van der Waals surface area (Å²) in [6, 6.07) is 22.5. The zero-order valence-electron chi connectivity index (χ0n) is 18.7. The molecule has 0 N–H and O–H groups in total. The summed E-state index contributed by atoms with van der Waals surface area (Å²) in [5.41, 5.74) is 2.85. The maximum Gasteiger partial charge on any atom is 0.185 e. The summed E-state index contributed by atoms with van der Waals surface area (Å²) >= 11 is 7.80. The Morgan fingerprint density at radius 3 is 2.61 bits per heavy atom. The standard InChI is InChI=1S/C28H27ClN2OS/c1-2-31(23-15-16-23)28-30-22(18-33-28)14-17-26(27(32)20-10-12-21(29)13-11-20)25-9-5-7-19-6-3-4-8-24(19)25/h3-13,18,23,26H,2,14-17H2,1H3. The lowest BCUT2D eigenvalue weighted by Gasteiger charge is -2.19. The fraction of sp³-hybridized carbons (Fsp3) is 0.286. The van der Waals surface area contributed by atoms with Gasteiger partial charge in [-0.2, -0.15) is 0 Å². The van der Waals surface area contributed by atoms with Gasteiger partial charge in [0, 0.05) is 34.5 Å². The number of carbonyl (C=O) groups is 1. The molecule has 0 bridgehead atoms. The summed E-state index contributed by atoms with van der Waals surface area (Å²) in [5.74, 6) is -0.111. The van der Waals surface area contributed by atoms with Gasteiger partial charge >= 0.3 is 0 Å². The summed E-state index contributed by atoms with van der Waals surface area (Å²) in [5, 5.41) is 6.20. The van der Waals surface area contributed by atoms with E-state index < -0.39 is 0 Å². The smallest absolute Gasteiger partial charge is 0.185 e. The number of halogens is 1. The van der Waals surface area contributed by atoms with Gasteiger partial charge in [-0.25, -0.2) is 4.98 Å². The summed E-state index contributed by atoms with van der Waals surface area (Å²) in [4.78, 5) is 21.1. The van der Waals surface area contributed by atoms with Crippen molar-refractivity contribution in [3.8, 4) is 0 Å². The molecular formula is C28H27ClN2OS. The zero-order valence-corrected chi connectivity index (χ0v) is 20.3. The van der Waals surface area contributed by atoms with Gasteiger partial charge in [-0.3, -0.25) is 4.79 Å². The molecule has 0 amide bonds. The maximum absolute atomic E-state index is 13.7. The number of thiazole rings is 1. The molecule has 4 aromatic rings. The Morgan fingerprint density at radius 2 is 1.85 bits per heavy atom. The number of benzene rings is 3. The summed E-state index contributed by atoms with van der Waals surface area (Å²) in [7, 11) is 0. The molecule has 1 unspecified atom stereocenters. The van der Waals surface area contributed by atoms with E-state index in [1.54, 1.807) is 23.5 Å². The second-order valence-electron chi connectivity index (χ2n) is 8.67. The number of hydrogen-bond donors (Lipinski definition) is 0. The lowest BCUT2D eigenvalue weighted by molar-refractivity contribution is 0.0955. The molecule has 0 radical (unpaired) electrons. The third-order valence-electron chi connectivity index (χ3n) is 6.45. The molecular weight excluding hydrogens is 448 g/mol. The van der Waals surface area contributed by atoms with Gasteiger partial charge in [-0.1, -0.05) is 54.1 Å². The lowest BCUT2D eigenvalue weighted by Crippen LogP contribution is -2.24. The van der Waals surface area contributed by atoms with Crippen molar-refractivity contribution in [3.05, 3.63) is 94.0 Å². The highest BCUT2D eigenvalue weighted by Gasteiger charge is 2.30. The summed E-state index contributed by atoms with van der Waals surface area (Å²) in [6.07, 6.45) is 4.02. The number of nitrogens with zero attached hydrogens (tertiary/aromatic N) is 2. The number of anilines is 1. The molecule has 3 aromatic carbocycles. The van der Waals surface area contributed by atoms with Crippen LogP contribution in [0.1, 0.15) is 53.7 Å². The van der Waals surface area contributed by atoms with E-state index in [0.717, 1.165) is 40.1 Å². The van der Waals surface area contributed by atoms with Crippen LogP contribution in [0.4, 0.5) is 5.13 Å². The van der Waals surface area contributed by atoms with Crippen LogP contribution < -0.4 is 4.90 Å². The van der Waals surface area contributed by atoms with Crippen LogP contribution in [-0.4, -0.2) is 23.4 Å². The molecule has 1 aliphatic carbocycles. The van der Waals surface area contributed by atoms with E-state index in [0.29, 0.717) is 23.0 Å². The first-order valence-corrected chi connectivity index (χ1v) is 12.9. The minimum atomic E-state index is -0.242. The van der Waals surface area contributed by atoms with Crippen LogP contribution in [0.3, 0.4) is 0 Å². The highest BCUT2D eigenvalue weighted by molar-refractivity contribution is 7.13. The van der Waals surface area contributed by atoms with E-state index >= 15 is 0 Å². The lowest BCUT2D eigenvalue weighted by atomic mass is 9.84. The summed E-state index contributed by atoms with van der Waals surface area (Å²) in [6.45, 7) is 3.19. The van der Waals surface area contributed by atoms with Crippen LogP contribution in [0.25, 0.3) is 10.8 Å². The molecule has 0 spiro atoms. The third kappa shape index (κ3) is 4.83. The minimum absolute atomic E-state index is 0.131. The van der Waals surface area contributed by atoms with E-state index in [2.05, 4.69) is 47.5 Å². The topological polar surface area (TPSA) is 33.2 Å².